The zero-order valence-corrected chi connectivity index (χ0v) is 14.7. The van der Waals surface area contributed by atoms with E-state index in [1.54, 1.807) is 27.7 Å². The zero-order chi connectivity index (χ0) is 17.4. The highest BCUT2D eigenvalue weighted by Gasteiger charge is 2.27. The molecule has 2 aromatic rings. The summed E-state index contributed by atoms with van der Waals surface area (Å²) in [6.07, 6.45) is -0.383. The smallest absolute Gasteiger partial charge is 0.424 e. The second kappa shape index (κ2) is 6.15. The molecule has 0 spiro atoms. The van der Waals surface area contributed by atoms with Crippen molar-refractivity contribution in [3.05, 3.63) is 27.2 Å². The lowest BCUT2D eigenvalue weighted by Gasteiger charge is -2.19. The van der Waals surface area contributed by atoms with Crippen LogP contribution in [0.4, 0.5) is 9.59 Å². The lowest BCUT2D eigenvalue weighted by molar-refractivity contribution is 0.0537. The number of nitrogens with zero attached hydrogens (tertiary/aromatic N) is 3. The van der Waals surface area contributed by atoms with Gasteiger partial charge < -0.3 is 9.47 Å². The Kier molecular flexibility index (Phi) is 4.60. The van der Waals surface area contributed by atoms with Gasteiger partial charge in [0.2, 0.25) is 0 Å². The number of fused-ring (bicyclic) bond motifs is 1. The summed E-state index contributed by atoms with van der Waals surface area (Å²) in [5.74, 6) is 0. The molecule has 0 saturated carbocycles. The van der Waals surface area contributed by atoms with Gasteiger partial charge >= 0.3 is 17.9 Å². The molecule has 2 heterocycles. The number of halogens is 1. The number of aromatic nitrogens is 3. The van der Waals surface area contributed by atoms with Crippen LogP contribution in [0.1, 0.15) is 27.7 Å². The first-order valence-corrected chi connectivity index (χ1v) is 7.64. The van der Waals surface area contributed by atoms with E-state index >= 15 is 0 Å². The molecular formula is C14H16BrN3O5. The highest BCUT2D eigenvalue weighted by Crippen LogP contribution is 2.18. The molecule has 2 aromatic heterocycles. The molecule has 0 bridgehead atoms. The maximum Gasteiger partial charge on any atom is 0.424 e. The summed E-state index contributed by atoms with van der Waals surface area (Å²) in [5, 5.41) is 0. The van der Waals surface area contributed by atoms with Gasteiger partial charge in [-0.05, 0) is 49.7 Å². The van der Waals surface area contributed by atoms with Gasteiger partial charge in [0.1, 0.15) is 11.1 Å². The third-order valence-electron chi connectivity index (χ3n) is 2.68. The molecule has 0 aliphatic carbocycles. The Labute approximate surface area is 140 Å². The Morgan fingerprint density at radius 1 is 1.26 bits per heavy atom. The molecule has 0 unspecified atom stereocenters. The van der Waals surface area contributed by atoms with Crippen molar-refractivity contribution in [3.63, 3.8) is 0 Å². The number of carbonyl (C=O) groups is 2. The molecule has 8 nitrogen and oxygen atoms in total. The minimum Gasteiger partial charge on any atom is -0.449 e. The molecule has 124 valence electrons. The van der Waals surface area contributed by atoms with Gasteiger partial charge in [0.25, 0.3) is 0 Å². The highest BCUT2D eigenvalue weighted by molar-refractivity contribution is 9.10. The number of rotatable bonds is 1. The van der Waals surface area contributed by atoms with Crippen molar-refractivity contribution in [3.8, 4) is 0 Å². The molecular weight excluding hydrogens is 370 g/mol. The first-order chi connectivity index (χ1) is 10.7. The van der Waals surface area contributed by atoms with Gasteiger partial charge in [-0.15, -0.1) is 0 Å². The second-order valence-electron chi connectivity index (χ2n) is 5.63. The maximum absolute atomic E-state index is 12.5. The largest absolute Gasteiger partial charge is 0.449 e. The number of carbonyl (C=O) groups excluding carboxylic acids is 2. The van der Waals surface area contributed by atoms with Gasteiger partial charge in [0.15, 0.2) is 5.65 Å². The third kappa shape index (κ3) is 3.44. The monoisotopic (exact) mass is 385 g/mol. The molecule has 0 aliphatic heterocycles. The Balaban J connectivity index is 2.71. The molecule has 0 N–H and O–H groups in total. The summed E-state index contributed by atoms with van der Waals surface area (Å²) < 4.78 is 12.1. The van der Waals surface area contributed by atoms with Crippen molar-refractivity contribution >= 4 is 39.3 Å². The molecule has 2 rings (SSSR count). The molecule has 0 aromatic carbocycles. The van der Waals surface area contributed by atoms with E-state index in [1.807, 2.05) is 0 Å². The summed E-state index contributed by atoms with van der Waals surface area (Å²) in [7, 11) is 0. The normalized spacial score (nSPS) is 11.5. The number of hydrogen-bond acceptors (Lipinski definition) is 6. The van der Waals surface area contributed by atoms with Crippen LogP contribution in [0.15, 0.2) is 21.5 Å². The first kappa shape index (κ1) is 17.2. The molecule has 23 heavy (non-hydrogen) atoms. The Hall–Kier alpha value is -2.16. The topological polar surface area (TPSA) is 92.4 Å². The number of imidazole rings is 1. The van der Waals surface area contributed by atoms with Crippen LogP contribution in [0.2, 0.25) is 0 Å². The predicted molar refractivity (Wildman–Crippen MR) is 85.7 cm³/mol. The van der Waals surface area contributed by atoms with Crippen molar-refractivity contribution in [2.75, 3.05) is 6.61 Å². The van der Waals surface area contributed by atoms with E-state index in [0.717, 1.165) is 4.57 Å². The van der Waals surface area contributed by atoms with Gasteiger partial charge in [-0.3, -0.25) is 0 Å². The van der Waals surface area contributed by atoms with Gasteiger partial charge in [-0.1, -0.05) is 0 Å². The zero-order valence-electron chi connectivity index (χ0n) is 13.1. The summed E-state index contributed by atoms with van der Waals surface area (Å²) in [5.41, 5.74) is -1.53. The van der Waals surface area contributed by atoms with Crippen molar-refractivity contribution < 1.29 is 19.1 Å². The minimum absolute atomic E-state index is 0.0162. The quantitative estimate of drug-likeness (QED) is 0.749. The third-order valence-corrected chi connectivity index (χ3v) is 3.11. The van der Waals surface area contributed by atoms with E-state index in [9.17, 15) is 14.4 Å². The fourth-order valence-electron chi connectivity index (χ4n) is 1.89. The highest BCUT2D eigenvalue weighted by atomic mass is 79.9. The van der Waals surface area contributed by atoms with E-state index in [4.69, 9.17) is 9.47 Å². The SMILES string of the molecule is CCOC(=O)n1c(=O)n(C(=O)OC(C)(C)C)c2cc(Br)cnc21. The van der Waals surface area contributed by atoms with E-state index in [1.165, 1.54) is 12.3 Å². The summed E-state index contributed by atoms with van der Waals surface area (Å²) in [6.45, 7) is 6.72. The van der Waals surface area contributed by atoms with E-state index in [0.29, 0.717) is 9.04 Å². The predicted octanol–water partition coefficient (Wildman–Crippen LogP) is 2.75. The van der Waals surface area contributed by atoms with Crippen LogP contribution >= 0.6 is 15.9 Å². The van der Waals surface area contributed by atoms with Gasteiger partial charge in [-0.25, -0.2) is 19.4 Å². The lowest BCUT2D eigenvalue weighted by atomic mass is 10.2. The average molecular weight is 386 g/mol. The van der Waals surface area contributed by atoms with Crippen molar-refractivity contribution in [2.45, 2.75) is 33.3 Å². The van der Waals surface area contributed by atoms with Crippen molar-refractivity contribution in [1.82, 2.24) is 14.1 Å². The summed E-state index contributed by atoms with van der Waals surface area (Å²) in [6, 6.07) is 1.50. The molecule has 0 amide bonds. The van der Waals surface area contributed by atoms with Gasteiger partial charge in [0, 0.05) is 10.7 Å². The molecule has 0 radical (unpaired) electrons. The van der Waals surface area contributed by atoms with Crippen molar-refractivity contribution in [1.29, 1.82) is 0 Å². The molecule has 0 fully saturated rings. The first-order valence-electron chi connectivity index (χ1n) is 6.85. The Morgan fingerprint density at radius 3 is 2.48 bits per heavy atom. The number of hydrogen-bond donors (Lipinski definition) is 0. The molecule has 9 heteroatoms. The summed E-state index contributed by atoms with van der Waals surface area (Å²) in [4.78, 5) is 40.9. The van der Waals surface area contributed by atoms with Gasteiger partial charge in [0.05, 0.1) is 6.61 Å². The van der Waals surface area contributed by atoms with Crippen LogP contribution in [0.5, 0.6) is 0 Å². The van der Waals surface area contributed by atoms with E-state index < -0.39 is 23.5 Å². The average Bonchev–Trinajstić information content (AvgIpc) is 2.68. The van der Waals surface area contributed by atoms with Crippen LogP contribution in [-0.2, 0) is 9.47 Å². The van der Waals surface area contributed by atoms with Crippen LogP contribution in [0, 0.1) is 0 Å². The van der Waals surface area contributed by atoms with E-state index in [-0.39, 0.29) is 17.8 Å². The number of ether oxygens (including phenoxy) is 2. The Bertz CT molecular complexity index is 831. The van der Waals surface area contributed by atoms with Crippen LogP contribution in [0.3, 0.4) is 0 Å². The fourth-order valence-corrected chi connectivity index (χ4v) is 2.21. The van der Waals surface area contributed by atoms with E-state index in [2.05, 4.69) is 20.9 Å². The standard InChI is InChI=1S/C14H16BrN3O5/c1-5-22-12(20)18-10-9(6-8(15)7-16-10)17(11(18)19)13(21)23-14(2,3)4/h6-7H,5H2,1-4H3. The Morgan fingerprint density at radius 2 is 1.91 bits per heavy atom. The molecule has 0 saturated heterocycles. The fraction of sp³-hybridized carbons (Fsp3) is 0.429. The van der Waals surface area contributed by atoms with Crippen molar-refractivity contribution in [2.24, 2.45) is 0 Å². The lowest BCUT2D eigenvalue weighted by Crippen LogP contribution is -2.36. The summed E-state index contributed by atoms with van der Waals surface area (Å²) >= 11 is 3.22. The number of pyridine rings is 1. The maximum atomic E-state index is 12.5. The van der Waals surface area contributed by atoms with Crippen LogP contribution in [0.25, 0.3) is 11.2 Å². The molecule has 0 aliphatic rings. The second-order valence-corrected chi connectivity index (χ2v) is 6.54. The van der Waals surface area contributed by atoms with Crippen LogP contribution in [-0.4, -0.2) is 38.5 Å². The van der Waals surface area contributed by atoms with Crippen LogP contribution < -0.4 is 5.69 Å². The minimum atomic E-state index is -0.903. The molecule has 0 atom stereocenters. The van der Waals surface area contributed by atoms with Gasteiger partial charge in [-0.2, -0.15) is 9.13 Å².